The Morgan fingerprint density at radius 2 is 2.17 bits per heavy atom. The first-order chi connectivity index (χ1) is 14.2. The van der Waals surface area contributed by atoms with Gasteiger partial charge in [0, 0.05) is 31.0 Å². The molecule has 0 spiro atoms. The second-order valence-electron chi connectivity index (χ2n) is 7.12. The molecule has 1 amide bonds. The van der Waals surface area contributed by atoms with Crippen LogP contribution in [0, 0.1) is 0 Å². The van der Waals surface area contributed by atoms with E-state index in [1.54, 1.807) is 12.1 Å². The number of aliphatic hydroxyl groups is 1. The Morgan fingerprint density at radius 1 is 1.24 bits per heavy atom. The first-order valence-electron chi connectivity index (χ1n) is 9.90. The van der Waals surface area contributed by atoms with Gasteiger partial charge in [0.05, 0.1) is 25.0 Å². The molecule has 0 saturated carbocycles. The van der Waals surface area contributed by atoms with Gasteiger partial charge in [0.25, 0.3) is 5.91 Å². The number of fused-ring (bicyclic) bond motifs is 1. The normalized spacial score (nSPS) is 16.9. The van der Waals surface area contributed by atoms with Crippen LogP contribution in [-0.2, 0) is 11.3 Å². The smallest absolute Gasteiger partial charge is 0.254 e. The second kappa shape index (κ2) is 9.07. The molecular weight excluding hydrogens is 370 g/mol. The number of likely N-dealkylation sites (tertiary alicyclic amines) is 1. The number of amides is 1. The lowest BCUT2D eigenvalue weighted by atomic mass is 10.1. The molecule has 0 aliphatic carbocycles. The van der Waals surface area contributed by atoms with Gasteiger partial charge in [-0.25, -0.2) is 4.98 Å². The summed E-state index contributed by atoms with van der Waals surface area (Å²) >= 11 is 0. The van der Waals surface area contributed by atoms with E-state index in [4.69, 9.17) is 14.6 Å². The van der Waals surface area contributed by atoms with Crippen LogP contribution >= 0.6 is 0 Å². The summed E-state index contributed by atoms with van der Waals surface area (Å²) in [5.41, 5.74) is 2.30. The van der Waals surface area contributed by atoms with Crippen molar-refractivity contribution >= 4 is 11.6 Å². The number of piperidine rings is 1. The Labute approximate surface area is 169 Å². The van der Waals surface area contributed by atoms with Crippen LogP contribution in [0.4, 0.5) is 0 Å². The molecule has 0 bridgehead atoms. The first-order valence-corrected chi connectivity index (χ1v) is 9.90. The second-order valence-corrected chi connectivity index (χ2v) is 7.12. The number of carbonyl (C=O) groups is 1. The molecule has 3 aromatic rings. The summed E-state index contributed by atoms with van der Waals surface area (Å²) < 4.78 is 13.4. The van der Waals surface area contributed by atoms with Crippen molar-refractivity contribution in [2.75, 3.05) is 26.3 Å². The van der Waals surface area contributed by atoms with Crippen molar-refractivity contribution in [2.24, 2.45) is 0 Å². The zero-order valence-corrected chi connectivity index (χ0v) is 16.2. The number of ether oxygens (including phenoxy) is 2. The van der Waals surface area contributed by atoms with Crippen LogP contribution in [0.5, 0.6) is 5.75 Å². The van der Waals surface area contributed by atoms with Crippen LogP contribution in [0.1, 0.15) is 28.9 Å². The van der Waals surface area contributed by atoms with Gasteiger partial charge >= 0.3 is 0 Å². The van der Waals surface area contributed by atoms with Gasteiger partial charge in [0.2, 0.25) is 0 Å². The predicted octanol–water partition coefficient (Wildman–Crippen LogP) is 2.53. The van der Waals surface area contributed by atoms with Crippen LogP contribution in [0.25, 0.3) is 5.65 Å². The van der Waals surface area contributed by atoms with Crippen LogP contribution < -0.4 is 4.74 Å². The fourth-order valence-electron chi connectivity index (χ4n) is 3.59. The molecule has 1 aliphatic heterocycles. The molecule has 0 radical (unpaired) electrons. The Balaban J connectivity index is 1.39. The molecular formula is C22H25N3O4. The maximum Gasteiger partial charge on any atom is 0.254 e. The maximum absolute atomic E-state index is 12.9. The first kappa shape index (κ1) is 19.4. The van der Waals surface area contributed by atoms with Crippen LogP contribution in [0.2, 0.25) is 0 Å². The number of nitrogens with zero attached hydrogens (tertiary/aromatic N) is 3. The number of benzene rings is 1. The molecule has 7 heteroatoms. The third-order valence-electron chi connectivity index (χ3n) is 4.99. The number of rotatable bonds is 7. The topological polar surface area (TPSA) is 76.3 Å². The summed E-state index contributed by atoms with van der Waals surface area (Å²) in [5.74, 6) is 0.610. The summed E-state index contributed by atoms with van der Waals surface area (Å²) in [6, 6.07) is 13.1. The zero-order valence-electron chi connectivity index (χ0n) is 16.2. The van der Waals surface area contributed by atoms with E-state index in [1.165, 1.54) is 0 Å². The van der Waals surface area contributed by atoms with Gasteiger partial charge in [-0.2, -0.15) is 0 Å². The summed E-state index contributed by atoms with van der Waals surface area (Å²) in [7, 11) is 0. The molecule has 1 fully saturated rings. The zero-order chi connectivity index (χ0) is 20.1. The molecule has 29 heavy (non-hydrogen) atoms. The van der Waals surface area contributed by atoms with E-state index in [2.05, 4.69) is 4.98 Å². The van der Waals surface area contributed by atoms with Crippen molar-refractivity contribution in [2.45, 2.75) is 25.6 Å². The monoisotopic (exact) mass is 395 g/mol. The fourth-order valence-corrected chi connectivity index (χ4v) is 3.59. The summed E-state index contributed by atoms with van der Waals surface area (Å²) in [4.78, 5) is 19.2. The van der Waals surface area contributed by atoms with E-state index in [0.717, 1.165) is 24.2 Å². The largest absolute Gasteiger partial charge is 0.487 e. The quantitative estimate of drug-likeness (QED) is 0.665. The van der Waals surface area contributed by atoms with E-state index in [1.807, 2.05) is 52.0 Å². The minimum absolute atomic E-state index is 0.00383. The van der Waals surface area contributed by atoms with Gasteiger partial charge in [-0.15, -0.1) is 0 Å². The molecule has 4 rings (SSSR count). The number of pyridine rings is 1. The molecule has 2 aromatic heterocycles. The van der Waals surface area contributed by atoms with Crippen LogP contribution in [0.3, 0.4) is 0 Å². The standard InChI is InChI=1S/C22H25N3O4/c26-11-12-28-20-7-4-10-25(15-20)22(27)17-5-3-6-19(13-17)29-16-18-14-24-9-2-1-8-21(24)23-18/h1-3,5-6,8-9,13-14,20,26H,4,7,10-12,15-16H2. The van der Waals surface area contributed by atoms with Crippen molar-refractivity contribution in [1.29, 1.82) is 0 Å². The maximum atomic E-state index is 12.9. The van der Waals surface area contributed by atoms with Gasteiger partial charge in [-0.05, 0) is 43.2 Å². The fraction of sp³-hybridized carbons (Fsp3) is 0.364. The van der Waals surface area contributed by atoms with E-state index >= 15 is 0 Å². The highest BCUT2D eigenvalue weighted by Gasteiger charge is 2.25. The number of aromatic nitrogens is 2. The van der Waals surface area contributed by atoms with Crippen molar-refractivity contribution < 1.29 is 19.4 Å². The Bertz CT molecular complexity index is 938. The molecule has 1 N–H and O–H groups in total. The third kappa shape index (κ3) is 4.75. The minimum atomic E-state index is -0.0273. The highest BCUT2D eigenvalue weighted by Crippen LogP contribution is 2.20. The highest BCUT2D eigenvalue weighted by molar-refractivity contribution is 5.94. The Kier molecular flexibility index (Phi) is 6.07. The van der Waals surface area contributed by atoms with Crippen molar-refractivity contribution in [3.63, 3.8) is 0 Å². The number of hydrogen-bond donors (Lipinski definition) is 1. The third-order valence-corrected chi connectivity index (χ3v) is 4.99. The van der Waals surface area contributed by atoms with Crippen molar-refractivity contribution in [1.82, 2.24) is 14.3 Å². The minimum Gasteiger partial charge on any atom is -0.487 e. The van der Waals surface area contributed by atoms with Crippen molar-refractivity contribution in [3.05, 3.63) is 66.1 Å². The lowest BCUT2D eigenvalue weighted by Gasteiger charge is -2.32. The average Bonchev–Trinajstić information content (AvgIpc) is 3.19. The Hall–Kier alpha value is -2.90. The van der Waals surface area contributed by atoms with E-state index in [9.17, 15) is 4.79 Å². The van der Waals surface area contributed by atoms with E-state index < -0.39 is 0 Å². The SMILES string of the molecule is O=C(c1cccc(OCc2cn3ccccc3n2)c1)N1CCCC(OCCO)C1. The number of carbonyl (C=O) groups excluding carboxylic acids is 1. The van der Waals surface area contributed by atoms with E-state index in [0.29, 0.717) is 37.6 Å². The molecule has 3 heterocycles. The van der Waals surface area contributed by atoms with Gasteiger partial charge in [-0.3, -0.25) is 4.79 Å². The summed E-state index contributed by atoms with van der Waals surface area (Å²) in [5, 5.41) is 8.93. The van der Waals surface area contributed by atoms with Gasteiger partial charge in [-0.1, -0.05) is 12.1 Å². The predicted molar refractivity (Wildman–Crippen MR) is 108 cm³/mol. The van der Waals surface area contributed by atoms with E-state index in [-0.39, 0.29) is 18.6 Å². The van der Waals surface area contributed by atoms with Gasteiger partial charge < -0.3 is 23.9 Å². The summed E-state index contributed by atoms with van der Waals surface area (Å²) in [6.45, 7) is 1.89. The van der Waals surface area contributed by atoms with Crippen molar-refractivity contribution in [3.8, 4) is 5.75 Å². The lowest BCUT2D eigenvalue weighted by molar-refractivity contribution is -0.0110. The Morgan fingerprint density at radius 3 is 3.03 bits per heavy atom. The molecule has 1 unspecified atom stereocenters. The molecule has 1 saturated heterocycles. The molecule has 1 aliphatic rings. The number of aliphatic hydroxyl groups excluding tert-OH is 1. The highest BCUT2D eigenvalue weighted by atomic mass is 16.5. The van der Waals surface area contributed by atoms with Gasteiger partial charge in [0.1, 0.15) is 18.0 Å². The number of hydrogen-bond acceptors (Lipinski definition) is 5. The molecule has 7 nitrogen and oxygen atoms in total. The van der Waals surface area contributed by atoms with Crippen LogP contribution in [0.15, 0.2) is 54.9 Å². The lowest BCUT2D eigenvalue weighted by Crippen LogP contribution is -2.43. The average molecular weight is 395 g/mol. The van der Waals surface area contributed by atoms with Crippen LogP contribution in [-0.4, -0.2) is 57.7 Å². The molecule has 152 valence electrons. The summed E-state index contributed by atoms with van der Waals surface area (Å²) in [6.07, 6.45) is 5.67. The number of imidazole rings is 1. The molecule has 1 aromatic carbocycles. The van der Waals surface area contributed by atoms with Gasteiger partial charge in [0.15, 0.2) is 0 Å². The molecule has 1 atom stereocenters.